The molecule has 0 atom stereocenters. The first kappa shape index (κ1) is 8.34. The third-order valence-corrected chi connectivity index (χ3v) is 2.46. The van der Waals surface area contributed by atoms with Gasteiger partial charge in [0, 0.05) is 12.1 Å². The van der Waals surface area contributed by atoms with Crippen LogP contribution >= 0.6 is 0 Å². The van der Waals surface area contributed by atoms with Gasteiger partial charge in [0.15, 0.2) is 0 Å². The van der Waals surface area contributed by atoms with Crippen LogP contribution in [0.25, 0.3) is 5.78 Å². The summed E-state index contributed by atoms with van der Waals surface area (Å²) in [6.45, 7) is 0. The molecular weight excluding hydrogens is 196 g/mol. The molecule has 1 aliphatic rings. The smallest absolute Gasteiger partial charge is 0.375 e. The third-order valence-electron chi connectivity index (χ3n) is 2.46. The van der Waals surface area contributed by atoms with Crippen molar-refractivity contribution in [1.82, 2.24) is 19.6 Å². The molecule has 0 radical (unpaired) electrons. The molecule has 6 heteroatoms. The minimum Gasteiger partial charge on any atom is -0.475 e. The Labute approximate surface area is 84.6 Å². The maximum Gasteiger partial charge on any atom is 0.375 e. The van der Waals surface area contributed by atoms with E-state index < -0.39 is 5.97 Å². The van der Waals surface area contributed by atoms with Gasteiger partial charge >= 0.3 is 5.97 Å². The molecule has 0 bridgehead atoms. The summed E-state index contributed by atoms with van der Waals surface area (Å²) in [7, 11) is 0. The Morgan fingerprint density at radius 1 is 1.53 bits per heavy atom. The molecule has 0 saturated heterocycles. The zero-order chi connectivity index (χ0) is 10.4. The summed E-state index contributed by atoms with van der Waals surface area (Å²) in [5.41, 5.74) is 1.00. The number of fused-ring (bicyclic) bond motifs is 1. The van der Waals surface area contributed by atoms with Crippen LogP contribution in [0.15, 0.2) is 12.3 Å². The van der Waals surface area contributed by atoms with Crippen molar-refractivity contribution < 1.29 is 9.90 Å². The number of aromatic carboxylic acids is 1. The van der Waals surface area contributed by atoms with Gasteiger partial charge in [-0.3, -0.25) is 0 Å². The Kier molecular flexibility index (Phi) is 1.53. The highest BCUT2D eigenvalue weighted by atomic mass is 16.4. The first-order valence-electron chi connectivity index (χ1n) is 4.70. The van der Waals surface area contributed by atoms with E-state index in [0.717, 1.165) is 18.5 Å². The van der Waals surface area contributed by atoms with Crippen molar-refractivity contribution in [3.63, 3.8) is 0 Å². The van der Waals surface area contributed by atoms with Crippen molar-refractivity contribution in [3.8, 4) is 0 Å². The van der Waals surface area contributed by atoms with Crippen molar-refractivity contribution in [2.24, 2.45) is 0 Å². The molecule has 3 rings (SSSR count). The van der Waals surface area contributed by atoms with E-state index in [2.05, 4.69) is 15.1 Å². The Morgan fingerprint density at radius 3 is 3.00 bits per heavy atom. The number of rotatable bonds is 2. The fourth-order valence-corrected chi connectivity index (χ4v) is 1.59. The molecule has 2 heterocycles. The number of nitrogens with zero attached hydrogens (tertiary/aromatic N) is 4. The number of hydrogen-bond acceptors (Lipinski definition) is 4. The van der Waals surface area contributed by atoms with Gasteiger partial charge in [0.1, 0.15) is 0 Å². The summed E-state index contributed by atoms with van der Waals surface area (Å²) < 4.78 is 1.53. The predicted octanol–water partition coefficient (Wildman–Crippen LogP) is 0.700. The Hall–Kier alpha value is -1.98. The molecule has 15 heavy (non-hydrogen) atoms. The van der Waals surface area contributed by atoms with Crippen LogP contribution in [0.3, 0.4) is 0 Å². The zero-order valence-electron chi connectivity index (χ0n) is 7.79. The highest BCUT2D eigenvalue weighted by Gasteiger charge is 2.27. The van der Waals surface area contributed by atoms with Gasteiger partial charge in [0.05, 0.1) is 5.69 Å². The lowest BCUT2D eigenvalue weighted by atomic mass is 10.3. The van der Waals surface area contributed by atoms with E-state index in [9.17, 15) is 4.79 Å². The minimum atomic E-state index is -1.12. The van der Waals surface area contributed by atoms with E-state index >= 15 is 0 Å². The highest BCUT2D eigenvalue weighted by Crippen LogP contribution is 2.39. The van der Waals surface area contributed by atoms with E-state index in [1.54, 1.807) is 6.20 Å². The minimum absolute atomic E-state index is 0.199. The number of carbonyl (C=O) groups is 1. The highest BCUT2D eigenvalue weighted by molar-refractivity contribution is 5.83. The molecule has 0 aliphatic heterocycles. The molecule has 1 aliphatic carbocycles. The first-order valence-corrected chi connectivity index (χ1v) is 4.70. The second-order valence-corrected chi connectivity index (χ2v) is 3.60. The fourth-order valence-electron chi connectivity index (χ4n) is 1.59. The zero-order valence-corrected chi connectivity index (χ0v) is 7.79. The quantitative estimate of drug-likeness (QED) is 0.778. The number of aromatic nitrogens is 4. The number of carboxylic acid groups (broad SMARTS) is 1. The molecule has 1 N–H and O–H groups in total. The second kappa shape index (κ2) is 2.75. The fraction of sp³-hybridized carbons (Fsp3) is 0.333. The van der Waals surface area contributed by atoms with E-state index in [1.165, 1.54) is 4.52 Å². The first-order chi connectivity index (χ1) is 7.25. The Balaban J connectivity index is 2.24. The van der Waals surface area contributed by atoms with Gasteiger partial charge < -0.3 is 5.11 Å². The van der Waals surface area contributed by atoms with Crippen LogP contribution in [0.4, 0.5) is 0 Å². The average Bonchev–Trinajstić information content (AvgIpc) is 2.95. The Morgan fingerprint density at radius 2 is 2.33 bits per heavy atom. The maximum atomic E-state index is 10.7. The van der Waals surface area contributed by atoms with Gasteiger partial charge in [0.25, 0.3) is 11.6 Å². The average molecular weight is 204 g/mol. The van der Waals surface area contributed by atoms with Gasteiger partial charge in [-0.25, -0.2) is 14.3 Å². The monoisotopic (exact) mass is 204 g/mol. The summed E-state index contributed by atoms with van der Waals surface area (Å²) in [6, 6.07) is 1.87. The largest absolute Gasteiger partial charge is 0.475 e. The molecule has 1 fully saturated rings. The van der Waals surface area contributed by atoms with Crippen molar-refractivity contribution in [3.05, 3.63) is 23.8 Å². The SMILES string of the molecule is O=C(O)c1nc2nccc(C3CC3)n2n1. The molecule has 0 amide bonds. The lowest BCUT2D eigenvalue weighted by Crippen LogP contribution is -2.01. The molecule has 2 aromatic rings. The normalized spacial score (nSPS) is 15.7. The van der Waals surface area contributed by atoms with Gasteiger partial charge in [-0.1, -0.05) is 0 Å². The van der Waals surface area contributed by atoms with Gasteiger partial charge in [0.2, 0.25) is 0 Å². The lowest BCUT2D eigenvalue weighted by Gasteiger charge is -1.98. The Bertz CT molecular complexity index is 544. The molecule has 2 aromatic heterocycles. The molecule has 0 aromatic carbocycles. The third kappa shape index (κ3) is 1.25. The standard InChI is InChI=1S/C9H8N4O2/c14-8(15)7-11-9-10-4-3-6(5-1-2-5)13(9)12-7/h3-5H,1-2H2,(H,14,15). The predicted molar refractivity (Wildman–Crippen MR) is 49.7 cm³/mol. The topological polar surface area (TPSA) is 80.4 Å². The molecule has 1 saturated carbocycles. The molecule has 0 unspecified atom stereocenters. The van der Waals surface area contributed by atoms with Crippen LogP contribution in [-0.4, -0.2) is 30.7 Å². The summed E-state index contributed by atoms with van der Waals surface area (Å²) in [6.07, 6.45) is 3.89. The molecular formula is C9H8N4O2. The van der Waals surface area contributed by atoms with Crippen molar-refractivity contribution in [2.45, 2.75) is 18.8 Å². The maximum absolute atomic E-state index is 10.7. The number of hydrogen-bond donors (Lipinski definition) is 1. The molecule has 6 nitrogen and oxygen atoms in total. The summed E-state index contributed by atoms with van der Waals surface area (Å²) in [5, 5.41) is 12.7. The van der Waals surface area contributed by atoms with Gasteiger partial charge in [-0.15, -0.1) is 5.10 Å². The summed E-state index contributed by atoms with van der Waals surface area (Å²) >= 11 is 0. The molecule has 76 valence electrons. The van der Waals surface area contributed by atoms with E-state index in [0.29, 0.717) is 11.7 Å². The second-order valence-electron chi connectivity index (χ2n) is 3.60. The summed E-state index contributed by atoms with van der Waals surface area (Å²) in [4.78, 5) is 18.5. The van der Waals surface area contributed by atoms with Crippen LogP contribution < -0.4 is 0 Å². The van der Waals surface area contributed by atoms with Gasteiger partial charge in [-0.2, -0.15) is 4.98 Å². The van der Waals surface area contributed by atoms with Crippen LogP contribution in [0, 0.1) is 0 Å². The van der Waals surface area contributed by atoms with Crippen LogP contribution in [-0.2, 0) is 0 Å². The lowest BCUT2D eigenvalue weighted by molar-refractivity contribution is 0.0684. The van der Waals surface area contributed by atoms with Gasteiger partial charge in [-0.05, 0) is 18.9 Å². The van der Waals surface area contributed by atoms with Crippen LogP contribution in [0.2, 0.25) is 0 Å². The van der Waals surface area contributed by atoms with Crippen LogP contribution in [0.1, 0.15) is 35.1 Å². The molecule has 0 spiro atoms. The van der Waals surface area contributed by atoms with Crippen molar-refractivity contribution in [2.75, 3.05) is 0 Å². The van der Waals surface area contributed by atoms with Crippen LogP contribution in [0.5, 0.6) is 0 Å². The van der Waals surface area contributed by atoms with E-state index in [1.807, 2.05) is 6.07 Å². The number of carboxylic acids is 1. The van der Waals surface area contributed by atoms with E-state index in [4.69, 9.17) is 5.11 Å². The van der Waals surface area contributed by atoms with E-state index in [-0.39, 0.29) is 5.82 Å². The van der Waals surface area contributed by atoms with Crippen molar-refractivity contribution in [1.29, 1.82) is 0 Å². The summed E-state index contributed by atoms with van der Waals surface area (Å²) in [5.74, 6) is -0.478. The van der Waals surface area contributed by atoms with Crippen molar-refractivity contribution >= 4 is 11.7 Å².